The summed E-state index contributed by atoms with van der Waals surface area (Å²) in [6.45, 7) is 2.35. The van der Waals surface area contributed by atoms with Gasteiger partial charge in [0.1, 0.15) is 0 Å². The van der Waals surface area contributed by atoms with Gasteiger partial charge in [0, 0.05) is 25.2 Å². The number of hydrogen-bond acceptors (Lipinski definition) is 4. The fraction of sp³-hybridized carbons (Fsp3) is 0.182. The lowest BCUT2D eigenvalue weighted by molar-refractivity contribution is 0.241. The summed E-state index contributed by atoms with van der Waals surface area (Å²) in [6, 6.07) is 18.5. The Morgan fingerprint density at radius 1 is 1.07 bits per heavy atom. The number of aromatic amines is 1. The molecule has 2 aromatic carbocycles. The molecule has 2 aromatic heterocycles. The van der Waals surface area contributed by atoms with Crippen molar-refractivity contribution in [3.05, 3.63) is 88.0 Å². The maximum absolute atomic E-state index is 12.5. The highest BCUT2D eigenvalue weighted by Gasteiger charge is 2.22. The summed E-state index contributed by atoms with van der Waals surface area (Å²) in [7, 11) is 0. The summed E-state index contributed by atoms with van der Waals surface area (Å²) in [4.78, 5) is 22.3. The van der Waals surface area contributed by atoms with Crippen LogP contribution in [-0.4, -0.2) is 21.4 Å². The molecule has 0 saturated heterocycles. The molecule has 4 aromatic rings. The van der Waals surface area contributed by atoms with Crippen LogP contribution >= 0.6 is 0 Å². The van der Waals surface area contributed by atoms with E-state index >= 15 is 0 Å². The highest BCUT2D eigenvalue weighted by Crippen LogP contribution is 2.23. The molecule has 0 spiro atoms. The van der Waals surface area contributed by atoms with E-state index < -0.39 is 0 Å². The first-order valence-electron chi connectivity index (χ1n) is 9.13. The molecule has 134 valence electrons. The summed E-state index contributed by atoms with van der Waals surface area (Å²) in [5.74, 6) is 1.08. The van der Waals surface area contributed by atoms with Crippen molar-refractivity contribution in [2.75, 3.05) is 6.54 Å². The number of nitrogens with one attached hydrogen (secondary N) is 1. The van der Waals surface area contributed by atoms with Crippen LogP contribution in [0.25, 0.3) is 22.4 Å². The molecule has 0 aliphatic carbocycles. The van der Waals surface area contributed by atoms with Crippen LogP contribution in [0.15, 0.2) is 70.1 Å². The Balaban J connectivity index is 1.46. The van der Waals surface area contributed by atoms with E-state index in [0.717, 1.165) is 24.3 Å². The van der Waals surface area contributed by atoms with Crippen LogP contribution in [-0.2, 0) is 19.5 Å². The number of aromatic nitrogens is 2. The van der Waals surface area contributed by atoms with Gasteiger partial charge in [-0.2, -0.15) is 0 Å². The van der Waals surface area contributed by atoms with Crippen molar-refractivity contribution in [2.24, 2.45) is 0 Å². The molecule has 5 nitrogen and oxygen atoms in total. The summed E-state index contributed by atoms with van der Waals surface area (Å²) in [5.41, 5.74) is 2.87. The number of furan rings is 1. The standard InChI is InChI=1S/C22H19N3O2/c26-22-18-10-11-25(13-16-7-3-6-15-5-1-2-8-17(15)16)14-19(18)23-21(24-22)20-9-4-12-27-20/h1-9,12H,10-11,13-14H2,(H,23,24,26). The molecule has 1 aliphatic rings. The Bertz CT molecular complexity index is 1160. The highest BCUT2D eigenvalue weighted by molar-refractivity contribution is 5.85. The lowest BCUT2D eigenvalue weighted by atomic mass is 10.0. The minimum absolute atomic E-state index is 0.0591. The summed E-state index contributed by atoms with van der Waals surface area (Å²) >= 11 is 0. The third kappa shape index (κ3) is 2.96. The van der Waals surface area contributed by atoms with Crippen molar-refractivity contribution in [1.29, 1.82) is 0 Å². The average molecular weight is 357 g/mol. The maximum atomic E-state index is 12.5. The number of rotatable bonds is 3. The van der Waals surface area contributed by atoms with Crippen molar-refractivity contribution >= 4 is 10.8 Å². The molecule has 5 rings (SSSR count). The van der Waals surface area contributed by atoms with Crippen LogP contribution in [0.3, 0.4) is 0 Å². The van der Waals surface area contributed by atoms with Crippen molar-refractivity contribution in [3.8, 4) is 11.6 Å². The zero-order chi connectivity index (χ0) is 18.2. The van der Waals surface area contributed by atoms with E-state index in [1.165, 1.54) is 16.3 Å². The normalized spacial score (nSPS) is 14.4. The van der Waals surface area contributed by atoms with E-state index in [0.29, 0.717) is 24.6 Å². The van der Waals surface area contributed by atoms with Gasteiger partial charge < -0.3 is 9.40 Å². The molecule has 3 heterocycles. The van der Waals surface area contributed by atoms with Gasteiger partial charge in [0.15, 0.2) is 11.6 Å². The topological polar surface area (TPSA) is 62.1 Å². The number of nitrogens with zero attached hydrogens (tertiary/aromatic N) is 2. The van der Waals surface area contributed by atoms with Crippen LogP contribution in [0.2, 0.25) is 0 Å². The Morgan fingerprint density at radius 3 is 2.85 bits per heavy atom. The maximum Gasteiger partial charge on any atom is 0.254 e. The van der Waals surface area contributed by atoms with E-state index in [-0.39, 0.29) is 5.56 Å². The highest BCUT2D eigenvalue weighted by atomic mass is 16.3. The Kier molecular flexibility index (Phi) is 3.87. The predicted octanol–water partition coefficient (Wildman–Crippen LogP) is 3.74. The molecule has 0 fully saturated rings. The van der Waals surface area contributed by atoms with Gasteiger partial charge in [-0.25, -0.2) is 4.98 Å². The van der Waals surface area contributed by atoms with Crippen LogP contribution in [0, 0.1) is 0 Å². The molecule has 0 radical (unpaired) electrons. The quantitative estimate of drug-likeness (QED) is 0.607. The molecule has 0 atom stereocenters. The third-order valence-electron chi connectivity index (χ3n) is 5.18. The first kappa shape index (κ1) is 16.0. The number of H-pyrrole nitrogens is 1. The second-order valence-corrected chi connectivity index (χ2v) is 6.92. The molecular weight excluding hydrogens is 338 g/mol. The van der Waals surface area contributed by atoms with E-state index in [2.05, 4.69) is 57.3 Å². The molecule has 5 heteroatoms. The van der Waals surface area contributed by atoms with E-state index in [1.54, 1.807) is 18.4 Å². The van der Waals surface area contributed by atoms with Gasteiger partial charge in [0.2, 0.25) is 0 Å². The lowest BCUT2D eigenvalue weighted by Gasteiger charge is -2.28. The van der Waals surface area contributed by atoms with Crippen LogP contribution in [0.5, 0.6) is 0 Å². The predicted molar refractivity (Wildman–Crippen MR) is 104 cm³/mol. The Morgan fingerprint density at radius 2 is 1.96 bits per heavy atom. The second-order valence-electron chi connectivity index (χ2n) is 6.92. The molecule has 0 bridgehead atoms. The molecule has 1 aliphatic heterocycles. The van der Waals surface area contributed by atoms with Crippen molar-refractivity contribution < 1.29 is 4.42 Å². The van der Waals surface area contributed by atoms with Crippen molar-refractivity contribution in [3.63, 3.8) is 0 Å². The van der Waals surface area contributed by atoms with Gasteiger partial charge in [-0.1, -0.05) is 42.5 Å². The SMILES string of the molecule is O=c1[nH]c(-c2ccco2)nc2c1CCN(Cc1cccc3ccccc13)C2. The lowest BCUT2D eigenvalue weighted by Crippen LogP contribution is -2.35. The second kappa shape index (κ2) is 6.52. The first-order chi connectivity index (χ1) is 13.3. The smallest absolute Gasteiger partial charge is 0.254 e. The fourth-order valence-electron chi connectivity index (χ4n) is 3.83. The monoisotopic (exact) mass is 357 g/mol. The average Bonchev–Trinajstić information content (AvgIpc) is 3.23. The van der Waals surface area contributed by atoms with Crippen LogP contribution in [0.1, 0.15) is 16.8 Å². The van der Waals surface area contributed by atoms with Gasteiger partial charge in [0.05, 0.1) is 12.0 Å². The van der Waals surface area contributed by atoms with Crippen LogP contribution in [0.4, 0.5) is 0 Å². The third-order valence-corrected chi connectivity index (χ3v) is 5.18. The van der Waals surface area contributed by atoms with Gasteiger partial charge >= 0.3 is 0 Å². The minimum atomic E-state index is -0.0591. The zero-order valence-corrected chi connectivity index (χ0v) is 14.8. The molecule has 0 unspecified atom stereocenters. The summed E-state index contributed by atoms with van der Waals surface area (Å²) < 4.78 is 5.39. The first-order valence-corrected chi connectivity index (χ1v) is 9.13. The van der Waals surface area contributed by atoms with Gasteiger partial charge in [0.25, 0.3) is 5.56 Å². The number of fused-ring (bicyclic) bond motifs is 2. The van der Waals surface area contributed by atoms with E-state index in [4.69, 9.17) is 4.42 Å². The Labute approximate surface area is 156 Å². The fourth-order valence-corrected chi connectivity index (χ4v) is 3.83. The van der Waals surface area contributed by atoms with Crippen molar-refractivity contribution in [1.82, 2.24) is 14.9 Å². The summed E-state index contributed by atoms with van der Waals surface area (Å²) in [6.07, 6.45) is 2.29. The Hall–Kier alpha value is -3.18. The molecule has 0 saturated carbocycles. The van der Waals surface area contributed by atoms with E-state index in [9.17, 15) is 4.79 Å². The van der Waals surface area contributed by atoms with Gasteiger partial charge in [-0.05, 0) is 34.9 Å². The van der Waals surface area contributed by atoms with Gasteiger partial charge in [-0.3, -0.25) is 9.69 Å². The van der Waals surface area contributed by atoms with E-state index in [1.807, 2.05) is 0 Å². The summed E-state index contributed by atoms with van der Waals surface area (Å²) in [5, 5.41) is 2.53. The largest absolute Gasteiger partial charge is 0.461 e. The van der Waals surface area contributed by atoms with Gasteiger partial charge in [-0.15, -0.1) is 0 Å². The van der Waals surface area contributed by atoms with Crippen LogP contribution < -0.4 is 5.56 Å². The minimum Gasteiger partial charge on any atom is -0.461 e. The molecular formula is C22H19N3O2. The molecule has 27 heavy (non-hydrogen) atoms. The zero-order valence-electron chi connectivity index (χ0n) is 14.8. The molecule has 1 N–H and O–H groups in total. The number of benzene rings is 2. The molecule has 0 amide bonds. The van der Waals surface area contributed by atoms with Crippen molar-refractivity contribution in [2.45, 2.75) is 19.5 Å². The number of hydrogen-bond donors (Lipinski definition) is 1.